The molecule has 0 unspecified atom stereocenters. The quantitative estimate of drug-likeness (QED) is 0.139. The van der Waals surface area contributed by atoms with Gasteiger partial charge in [0.15, 0.2) is 0 Å². The maximum absolute atomic E-state index is 13.0. The second-order valence-electron chi connectivity index (χ2n) is 7.69. The fourth-order valence-electron chi connectivity index (χ4n) is 3.50. The fourth-order valence-corrected chi connectivity index (χ4v) is 3.50. The van der Waals surface area contributed by atoms with Crippen molar-refractivity contribution in [1.29, 1.82) is 0 Å². The summed E-state index contributed by atoms with van der Waals surface area (Å²) in [5.74, 6) is -1.03. The monoisotopic (exact) mass is 538 g/mol. The molecule has 0 fully saturated rings. The van der Waals surface area contributed by atoms with E-state index in [1.54, 1.807) is 12.1 Å². The van der Waals surface area contributed by atoms with Crippen molar-refractivity contribution in [3.05, 3.63) is 104 Å². The highest BCUT2D eigenvalue weighted by molar-refractivity contribution is 5.93. The summed E-state index contributed by atoms with van der Waals surface area (Å²) in [7, 11) is 0. The van der Waals surface area contributed by atoms with E-state index in [4.69, 9.17) is 9.47 Å². The van der Waals surface area contributed by atoms with Crippen molar-refractivity contribution in [3.8, 4) is 23.0 Å². The van der Waals surface area contributed by atoms with Gasteiger partial charge in [0.2, 0.25) is 11.5 Å². The highest BCUT2D eigenvalue weighted by Crippen LogP contribution is 2.43. The number of halogens is 6. The molecule has 196 valence electrons. The van der Waals surface area contributed by atoms with Crippen LogP contribution in [0, 0.1) is 20.2 Å². The second-order valence-corrected chi connectivity index (χ2v) is 7.69. The van der Waals surface area contributed by atoms with Crippen LogP contribution in [-0.2, 0) is 12.4 Å². The minimum absolute atomic E-state index is 0.0299. The van der Waals surface area contributed by atoms with Gasteiger partial charge in [-0.3, -0.25) is 20.2 Å². The lowest BCUT2D eigenvalue weighted by atomic mass is 10.1. The van der Waals surface area contributed by atoms with Crippen LogP contribution in [0.25, 0.3) is 10.8 Å². The molecule has 0 saturated heterocycles. The van der Waals surface area contributed by atoms with Crippen LogP contribution in [0.2, 0.25) is 0 Å². The van der Waals surface area contributed by atoms with E-state index in [0.717, 1.165) is 12.1 Å². The number of rotatable bonds is 6. The third-order valence-electron chi connectivity index (χ3n) is 5.25. The Morgan fingerprint density at radius 2 is 0.895 bits per heavy atom. The summed E-state index contributed by atoms with van der Waals surface area (Å²) in [6.07, 6.45) is -9.65. The Kier molecular flexibility index (Phi) is 6.57. The van der Waals surface area contributed by atoms with Gasteiger partial charge >= 0.3 is 23.7 Å². The van der Waals surface area contributed by atoms with Crippen LogP contribution in [-0.4, -0.2) is 9.85 Å². The summed E-state index contributed by atoms with van der Waals surface area (Å²) in [5, 5.41) is 23.3. The van der Waals surface area contributed by atoms with Gasteiger partial charge in [-0.25, -0.2) is 0 Å². The van der Waals surface area contributed by atoms with E-state index in [2.05, 4.69) is 0 Å². The lowest BCUT2D eigenvalue weighted by Crippen LogP contribution is -2.06. The van der Waals surface area contributed by atoms with Gasteiger partial charge in [0.25, 0.3) is 0 Å². The predicted molar refractivity (Wildman–Crippen MR) is 120 cm³/mol. The molecule has 0 aromatic heterocycles. The fraction of sp³-hybridized carbons (Fsp3) is 0.0833. The van der Waals surface area contributed by atoms with Gasteiger partial charge in [0.1, 0.15) is 11.5 Å². The van der Waals surface area contributed by atoms with Crippen molar-refractivity contribution in [2.24, 2.45) is 0 Å². The number of alkyl halides is 6. The van der Waals surface area contributed by atoms with Crippen LogP contribution in [0.15, 0.2) is 72.8 Å². The van der Waals surface area contributed by atoms with E-state index < -0.39 is 56.2 Å². The molecule has 0 amide bonds. The van der Waals surface area contributed by atoms with Crippen molar-refractivity contribution in [3.63, 3.8) is 0 Å². The molecule has 0 bridgehead atoms. The molecule has 4 aromatic carbocycles. The van der Waals surface area contributed by atoms with Gasteiger partial charge < -0.3 is 9.47 Å². The molecule has 0 N–H and O–H groups in total. The molecule has 0 aliphatic rings. The van der Waals surface area contributed by atoms with Crippen molar-refractivity contribution in [2.75, 3.05) is 0 Å². The van der Waals surface area contributed by atoms with Gasteiger partial charge in [0, 0.05) is 22.9 Å². The number of hydrogen-bond acceptors (Lipinski definition) is 6. The van der Waals surface area contributed by atoms with Crippen molar-refractivity contribution >= 4 is 22.1 Å². The van der Waals surface area contributed by atoms with E-state index >= 15 is 0 Å². The summed E-state index contributed by atoms with van der Waals surface area (Å²) in [6, 6.07) is 12.0. The first-order chi connectivity index (χ1) is 17.8. The molecule has 14 heteroatoms. The zero-order chi connectivity index (χ0) is 27.8. The molecule has 0 aliphatic heterocycles. The zero-order valence-electron chi connectivity index (χ0n) is 18.5. The Morgan fingerprint density at radius 3 is 1.21 bits per heavy atom. The van der Waals surface area contributed by atoms with Crippen molar-refractivity contribution in [2.45, 2.75) is 12.4 Å². The van der Waals surface area contributed by atoms with Gasteiger partial charge in [-0.2, -0.15) is 26.3 Å². The summed E-state index contributed by atoms with van der Waals surface area (Å²) in [4.78, 5) is 20.7. The number of fused-ring (bicyclic) bond motifs is 1. The Morgan fingerprint density at radius 1 is 0.553 bits per heavy atom. The third kappa shape index (κ3) is 5.28. The van der Waals surface area contributed by atoms with Gasteiger partial charge in [-0.1, -0.05) is 24.3 Å². The van der Waals surface area contributed by atoms with Gasteiger partial charge in [-0.05, 0) is 36.4 Å². The van der Waals surface area contributed by atoms with E-state index in [1.807, 2.05) is 0 Å². The van der Waals surface area contributed by atoms with Crippen LogP contribution in [0.3, 0.4) is 0 Å². The van der Waals surface area contributed by atoms with Crippen LogP contribution < -0.4 is 9.47 Å². The molecule has 4 rings (SSSR count). The summed E-state index contributed by atoms with van der Waals surface area (Å²) in [6.45, 7) is 0. The summed E-state index contributed by atoms with van der Waals surface area (Å²) < 4.78 is 89.2. The van der Waals surface area contributed by atoms with Crippen LogP contribution >= 0.6 is 0 Å². The molecule has 0 atom stereocenters. The molecule has 0 heterocycles. The zero-order valence-corrected chi connectivity index (χ0v) is 18.5. The van der Waals surface area contributed by atoms with Crippen molar-refractivity contribution < 1.29 is 45.7 Å². The van der Waals surface area contributed by atoms with E-state index in [0.29, 0.717) is 24.3 Å². The minimum atomic E-state index is -4.82. The molecular formula is C24H12F6N2O6. The van der Waals surface area contributed by atoms with Crippen LogP contribution in [0.1, 0.15) is 11.1 Å². The molecular weight excluding hydrogens is 526 g/mol. The average molecular weight is 538 g/mol. The highest BCUT2D eigenvalue weighted by atomic mass is 19.4. The molecule has 0 saturated carbocycles. The number of nitrogens with zero attached hydrogens (tertiary/aromatic N) is 2. The first kappa shape index (κ1) is 26.2. The molecule has 4 aromatic rings. The Balaban J connectivity index is 1.76. The lowest BCUT2D eigenvalue weighted by Gasteiger charge is -2.14. The second kappa shape index (κ2) is 9.53. The predicted octanol–water partition coefficient (Wildman–Crippen LogP) is 8.28. The Hall–Kier alpha value is -4.88. The molecule has 8 nitrogen and oxygen atoms in total. The maximum atomic E-state index is 13.0. The van der Waals surface area contributed by atoms with E-state index in [-0.39, 0.29) is 22.3 Å². The number of nitro benzene ring substituents is 2. The Bertz CT molecular complexity index is 1450. The topological polar surface area (TPSA) is 105 Å². The van der Waals surface area contributed by atoms with Crippen molar-refractivity contribution in [1.82, 2.24) is 0 Å². The SMILES string of the molecule is O=[N+]([O-])c1cc(C(F)(F)F)ccc1Oc1ccc(Oc2ccc(C(F)(F)F)cc2[N+](=O)[O-])c2ccccc12. The Labute approximate surface area is 207 Å². The van der Waals surface area contributed by atoms with Gasteiger partial charge in [0.05, 0.1) is 21.0 Å². The first-order valence-corrected chi connectivity index (χ1v) is 10.3. The maximum Gasteiger partial charge on any atom is 0.416 e. The largest absolute Gasteiger partial charge is 0.449 e. The molecule has 0 spiro atoms. The minimum Gasteiger partial charge on any atom is -0.449 e. The molecule has 0 radical (unpaired) electrons. The number of ether oxygens (including phenoxy) is 2. The summed E-state index contributed by atoms with van der Waals surface area (Å²) in [5.41, 5.74) is -4.37. The van der Waals surface area contributed by atoms with Crippen LogP contribution in [0.5, 0.6) is 23.0 Å². The summed E-state index contributed by atoms with van der Waals surface area (Å²) >= 11 is 0. The third-order valence-corrected chi connectivity index (χ3v) is 5.25. The van der Waals surface area contributed by atoms with E-state index in [1.165, 1.54) is 24.3 Å². The molecule has 38 heavy (non-hydrogen) atoms. The lowest BCUT2D eigenvalue weighted by molar-refractivity contribution is -0.386. The molecule has 0 aliphatic carbocycles. The smallest absolute Gasteiger partial charge is 0.416 e. The number of hydrogen-bond donors (Lipinski definition) is 0. The average Bonchev–Trinajstić information content (AvgIpc) is 2.84. The normalized spacial score (nSPS) is 11.8. The van der Waals surface area contributed by atoms with Gasteiger partial charge in [-0.15, -0.1) is 0 Å². The van der Waals surface area contributed by atoms with Crippen LogP contribution in [0.4, 0.5) is 37.7 Å². The highest BCUT2D eigenvalue weighted by Gasteiger charge is 2.34. The van der Waals surface area contributed by atoms with E-state index in [9.17, 15) is 46.6 Å². The standard InChI is InChI=1S/C24H12F6N2O6/c25-23(26,27)13-5-7-21(17(11-13)31(33)34)37-19-9-10-20(16-4-2-1-3-15(16)19)38-22-8-6-14(24(28,29)30)12-18(22)32(35)36/h1-12H. The number of benzene rings is 4. The number of nitro groups is 2. The first-order valence-electron chi connectivity index (χ1n) is 10.3.